The van der Waals surface area contributed by atoms with Gasteiger partial charge in [-0.3, -0.25) is 0 Å². The Labute approximate surface area is 49.1 Å². The molecule has 1 aliphatic rings. The standard InChI is InChI=1S/C4H3BrFN/c5-3-1-4(6)7-2-3/h2H,1H2. The SMILES string of the molecule is FC1=NC=C(Br)C1. The van der Waals surface area contributed by atoms with Gasteiger partial charge >= 0.3 is 0 Å². The van der Waals surface area contributed by atoms with E-state index in [9.17, 15) is 4.39 Å². The summed E-state index contributed by atoms with van der Waals surface area (Å²) in [6.45, 7) is 0. The number of halogens is 2. The van der Waals surface area contributed by atoms with Crippen molar-refractivity contribution in [1.82, 2.24) is 0 Å². The molecule has 0 aromatic rings. The number of hydrogen-bond acceptors (Lipinski definition) is 1. The summed E-state index contributed by atoms with van der Waals surface area (Å²) >= 11 is 3.09. The monoisotopic (exact) mass is 163 g/mol. The van der Waals surface area contributed by atoms with Crippen molar-refractivity contribution in [3.8, 4) is 0 Å². The highest BCUT2D eigenvalue weighted by atomic mass is 79.9. The van der Waals surface area contributed by atoms with Gasteiger partial charge in [0.2, 0.25) is 0 Å². The van der Waals surface area contributed by atoms with Crippen LogP contribution in [-0.4, -0.2) is 5.97 Å². The average molecular weight is 164 g/mol. The minimum Gasteiger partial charge on any atom is -0.231 e. The molecule has 1 aliphatic heterocycles. The van der Waals surface area contributed by atoms with Crippen molar-refractivity contribution >= 4 is 21.9 Å². The summed E-state index contributed by atoms with van der Waals surface area (Å²) in [4.78, 5) is 3.36. The van der Waals surface area contributed by atoms with E-state index in [-0.39, 0.29) is 5.97 Å². The minimum absolute atomic E-state index is 0.313. The molecule has 0 spiro atoms. The van der Waals surface area contributed by atoms with Crippen LogP contribution in [0.3, 0.4) is 0 Å². The Morgan fingerprint density at radius 3 is 2.71 bits per heavy atom. The summed E-state index contributed by atoms with van der Waals surface area (Å²) in [7, 11) is 0. The van der Waals surface area contributed by atoms with Crippen molar-refractivity contribution in [1.29, 1.82) is 0 Å². The molecule has 7 heavy (non-hydrogen) atoms. The summed E-state index contributed by atoms with van der Waals surface area (Å²) in [5.41, 5.74) is 0. The van der Waals surface area contributed by atoms with E-state index in [1.165, 1.54) is 6.20 Å². The van der Waals surface area contributed by atoms with Crippen molar-refractivity contribution in [2.24, 2.45) is 4.99 Å². The molecule has 0 aromatic heterocycles. The molecule has 3 heteroatoms. The molecular formula is C4H3BrFN. The van der Waals surface area contributed by atoms with Crippen molar-refractivity contribution in [3.63, 3.8) is 0 Å². The molecule has 0 radical (unpaired) electrons. The smallest absolute Gasteiger partial charge is 0.193 e. The second-order valence-corrected chi connectivity index (χ2v) is 2.28. The van der Waals surface area contributed by atoms with E-state index in [2.05, 4.69) is 20.9 Å². The Kier molecular flexibility index (Phi) is 1.23. The zero-order chi connectivity index (χ0) is 5.28. The van der Waals surface area contributed by atoms with Gasteiger partial charge in [0.15, 0.2) is 5.97 Å². The number of rotatable bonds is 0. The normalized spacial score (nSPS) is 19.1. The first-order chi connectivity index (χ1) is 3.29. The molecule has 38 valence electrons. The van der Waals surface area contributed by atoms with Crippen LogP contribution in [0.25, 0.3) is 0 Å². The van der Waals surface area contributed by atoms with E-state index in [0.29, 0.717) is 6.42 Å². The highest BCUT2D eigenvalue weighted by molar-refractivity contribution is 9.11. The third-order valence-corrected chi connectivity index (χ3v) is 1.14. The topological polar surface area (TPSA) is 12.4 Å². The van der Waals surface area contributed by atoms with Gasteiger partial charge in [-0.2, -0.15) is 4.39 Å². The predicted octanol–water partition coefficient (Wildman–Crippen LogP) is 1.99. The van der Waals surface area contributed by atoms with Gasteiger partial charge in [0.25, 0.3) is 0 Å². The molecule has 1 rings (SSSR count). The average Bonchev–Trinajstić information content (AvgIpc) is 1.87. The van der Waals surface area contributed by atoms with Crippen LogP contribution in [0.5, 0.6) is 0 Å². The van der Waals surface area contributed by atoms with Gasteiger partial charge in [0.1, 0.15) is 0 Å². The largest absolute Gasteiger partial charge is 0.231 e. The Bertz CT molecular complexity index is 123. The third-order valence-electron chi connectivity index (χ3n) is 0.659. The van der Waals surface area contributed by atoms with Gasteiger partial charge < -0.3 is 0 Å². The Morgan fingerprint density at radius 1 is 1.86 bits per heavy atom. The van der Waals surface area contributed by atoms with Gasteiger partial charge in [-0.1, -0.05) is 15.9 Å². The van der Waals surface area contributed by atoms with Crippen LogP contribution in [0, 0.1) is 0 Å². The molecule has 0 unspecified atom stereocenters. The highest BCUT2D eigenvalue weighted by Crippen LogP contribution is 2.17. The zero-order valence-corrected chi connectivity index (χ0v) is 5.07. The maximum atomic E-state index is 11.8. The Hall–Kier alpha value is -0.180. The van der Waals surface area contributed by atoms with E-state index in [1.807, 2.05) is 0 Å². The molecule has 0 saturated heterocycles. The van der Waals surface area contributed by atoms with Crippen LogP contribution in [0.15, 0.2) is 15.7 Å². The van der Waals surface area contributed by atoms with Crippen LogP contribution in [0.2, 0.25) is 0 Å². The first-order valence-electron chi connectivity index (χ1n) is 1.86. The summed E-state index contributed by atoms with van der Waals surface area (Å²) < 4.78 is 12.7. The van der Waals surface area contributed by atoms with Gasteiger partial charge in [0, 0.05) is 10.7 Å². The van der Waals surface area contributed by atoms with E-state index in [1.54, 1.807) is 0 Å². The fourth-order valence-corrected chi connectivity index (χ4v) is 0.704. The summed E-state index contributed by atoms with van der Waals surface area (Å²) in [5, 5.41) is 0. The summed E-state index contributed by atoms with van der Waals surface area (Å²) in [5.74, 6) is -0.313. The first kappa shape index (κ1) is 4.97. The lowest BCUT2D eigenvalue weighted by Gasteiger charge is -1.78. The lowest BCUT2D eigenvalue weighted by atomic mass is 10.5. The lowest BCUT2D eigenvalue weighted by molar-refractivity contribution is 0.789. The molecule has 1 nitrogen and oxygen atoms in total. The molecule has 0 fully saturated rings. The van der Waals surface area contributed by atoms with Gasteiger partial charge in [-0.25, -0.2) is 4.99 Å². The second kappa shape index (κ2) is 1.74. The molecule has 0 aromatic carbocycles. The molecule has 0 saturated carbocycles. The quantitative estimate of drug-likeness (QED) is 0.519. The van der Waals surface area contributed by atoms with Crippen molar-refractivity contribution in [3.05, 3.63) is 10.7 Å². The lowest BCUT2D eigenvalue weighted by Crippen LogP contribution is -1.77. The van der Waals surface area contributed by atoms with E-state index < -0.39 is 0 Å². The third kappa shape index (κ3) is 1.09. The minimum atomic E-state index is -0.313. The van der Waals surface area contributed by atoms with Crippen LogP contribution in [-0.2, 0) is 0 Å². The van der Waals surface area contributed by atoms with Crippen LogP contribution in [0.1, 0.15) is 6.42 Å². The van der Waals surface area contributed by atoms with Crippen LogP contribution < -0.4 is 0 Å². The number of allylic oxidation sites excluding steroid dienone is 1. The molecule has 0 atom stereocenters. The van der Waals surface area contributed by atoms with Crippen LogP contribution in [0.4, 0.5) is 4.39 Å². The molecule has 0 bridgehead atoms. The van der Waals surface area contributed by atoms with Crippen molar-refractivity contribution < 1.29 is 4.39 Å². The fourth-order valence-electron chi connectivity index (χ4n) is 0.371. The van der Waals surface area contributed by atoms with Crippen molar-refractivity contribution in [2.45, 2.75) is 6.42 Å². The fraction of sp³-hybridized carbons (Fsp3) is 0.250. The second-order valence-electron chi connectivity index (χ2n) is 1.26. The van der Waals surface area contributed by atoms with E-state index in [0.717, 1.165) is 4.48 Å². The van der Waals surface area contributed by atoms with Gasteiger partial charge in [0.05, 0.1) is 6.42 Å². The number of aliphatic imine (C=N–C) groups is 1. The van der Waals surface area contributed by atoms with Crippen LogP contribution >= 0.6 is 15.9 Å². The van der Waals surface area contributed by atoms with Crippen molar-refractivity contribution in [2.75, 3.05) is 0 Å². The Morgan fingerprint density at radius 2 is 2.57 bits per heavy atom. The maximum Gasteiger partial charge on any atom is 0.193 e. The molecule has 0 aliphatic carbocycles. The highest BCUT2D eigenvalue weighted by Gasteiger charge is 2.03. The number of hydrogen-bond donors (Lipinski definition) is 0. The maximum absolute atomic E-state index is 11.8. The van der Waals surface area contributed by atoms with E-state index >= 15 is 0 Å². The molecule has 1 heterocycles. The zero-order valence-electron chi connectivity index (χ0n) is 3.49. The summed E-state index contributed by atoms with van der Waals surface area (Å²) in [6, 6.07) is 0. The Balaban J connectivity index is 2.61. The molecular weight excluding hydrogens is 161 g/mol. The number of nitrogens with zero attached hydrogens (tertiary/aromatic N) is 1. The predicted molar refractivity (Wildman–Crippen MR) is 30.2 cm³/mol. The van der Waals surface area contributed by atoms with E-state index in [4.69, 9.17) is 0 Å². The molecule has 0 N–H and O–H groups in total. The first-order valence-corrected chi connectivity index (χ1v) is 2.65. The van der Waals surface area contributed by atoms with Gasteiger partial charge in [-0.15, -0.1) is 0 Å². The summed E-state index contributed by atoms with van der Waals surface area (Å²) in [6.07, 6.45) is 1.80. The van der Waals surface area contributed by atoms with Gasteiger partial charge in [-0.05, 0) is 0 Å². The molecule has 0 amide bonds.